The number of hydrogen-bond acceptors (Lipinski definition) is 9. The Labute approximate surface area is 412 Å². The van der Waals surface area contributed by atoms with Gasteiger partial charge in [0.25, 0.3) is 0 Å². The summed E-state index contributed by atoms with van der Waals surface area (Å²) in [5.41, 5.74) is 2.49. The number of rotatable bonds is 21. The van der Waals surface area contributed by atoms with Gasteiger partial charge in [-0.15, -0.1) is 0 Å². The van der Waals surface area contributed by atoms with E-state index < -0.39 is 17.1 Å². The van der Waals surface area contributed by atoms with Crippen LogP contribution < -0.4 is 0 Å². The molecule has 0 aromatic heterocycles. The Morgan fingerprint density at radius 1 is 0.588 bits per heavy atom. The molecule has 2 fully saturated rings. The largest absolute Gasteiger partial charge is 0.460 e. The molecule has 376 valence electrons. The van der Waals surface area contributed by atoms with Gasteiger partial charge >= 0.3 is 11.9 Å². The molecule has 0 aliphatic heterocycles. The molecule has 2 aromatic carbocycles. The van der Waals surface area contributed by atoms with Gasteiger partial charge in [-0.25, -0.2) is 0 Å². The molecular formula is C59H87NO8. The molecule has 9 nitrogen and oxygen atoms in total. The summed E-state index contributed by atoms with van der Waals surface area (Å²) in [4.78, 5) is 43.0. The van der Waals surface area contributed by atoms with Crippen LogP contribution in [0.3, 0.4) is 0 Å². The third-order valence-electron chi connectivity index (χ3n) is 11.6. The fraction of sp³-hybridized carbons (Fsp3) is 0.661. The van der Waals surface area contributed by atoms with Crippen molar-refractivity contribution in [2.24, 2.45) is 51.5 Å². The van der Waals surface area contributed by atoms with Crippen LogP contribution in [0.15, 0.2) is 65.8 Å². The molecule has 0 saturated heterocycles. The van der Waals surface area contributed by atoms with Gasteiger partial charge in [0, 0.05) is 36.9 Å². The van der Waals surface area contributed by atoms with Crippen molar-refractivity contribution in [2.45, 2.75) is 185 Å². The normalized spacial score (nSPS) is 19.2. The maximum atomic E-state index is 12.9. The van der Waals surface area contributed by atoms with E-state index in [-0.39, 0.29) is 36.5 Å². The Bertz CT molecular complexity index is 1960. The van der Waals surface area contributed by atoms with Gasteiger partial charge in [-0.2, -0.15) is 0 Å². The molecule has 2 aliphatic carbocycles. The van der Waals surface area contributed by atoms with Crippen molar-refractivity contribution in [1.29, 1.82) is 0 Å². The van der Waals surface area contributed by atoms with Crippen LogP contribution in [-0.4, -0.2) is 55.0 Å². The highest BCUT2D eigenvalue weighted by atomic mass is 16.6. The van der Waals surface area contributed by atoms with Gasteiger partial charge < -0.3 is 23.8 Å². The van der Waals surface area contributed by atoms with Crippen molar-refractivity contribution >= 4 is 23.4 Å². The highest BCUT2D eigenvalue weighted by molar-refractivity contribution is 6.03. The van der Waals surface area contributed by atoms with Crippen molar-refractivity contribution in [3.8, 4) is 23.7 Å². The second-order valence-corrected chi connectivity index (χ2v) is 23.5. The van der Waals surface area contributed by atoms with E-state index >= 15 is 0 Å². The average Bonchev–Trinajstić information content (AvgIpc) is 3.19. The minimum Gasteiger partial charge on any atom is -0.460 e. The minimum atomic E-state index is -0.566. The summed E-state index contributed by atoms with van der Waals surface area (Å²) in [7, 11) is 1.53. The van der Waals surface area contributed by atoms with Crippen molar-refractivity contribution in [1.82, 2.24) is 0 Å². The molecule has 4 rings (SSSR count). The number of ether oxygens (including phenoxy) is 4. The molecule has 0 N–H and O–H groups in total. The first-order chi connectivity index (χ1) is 31.9. The van der Waals surface area contributed by atoms with Crippen molar-refractivity contribution in [2.75, 3.05) is 20.3 Å². The van der Waals surface area contributed by atoms with Crippen molar-refractivity contribution < 1.29 is 38.2 Å². The van der Waals surface area contributed by atoms with E-state index in [1.807, 2.05) is 90.1 Å². The lowest BCUT2D eigenvalue weighted by molar-refractivity contribution is -0.157. The van der Waals surface area contributed by atoms with Crippen LogP contribution in [0, 0.1) is 70.0 Å². The average molecular weight is 938 g/mol. The van der Waals surface area contributed by atoms with Crippen LogP contribution in [0.2, 0.25) is 0 Å². The number of nitrogens with zero attached hydrogens (tertiary/aromatic N) is 1. The van der Waals surface area contributed by atoms with E-state index in [4.69, 9.17) is 23.8 Å². The van der Waals surface area contributed by atoms with E-state index in [0.717, 1.165) is 55.6 Å². The molecule has 0 amide bonds. The van der Waals surface area contributed by atoms with Crippen LogP contribution in [0.4, 0.5) is 0 Å². The highest BCUT2D eigenvalue weighted by Crippen LogP contribution is 2.42. The third-order valence-corrected chi connectivity index (χ3v) is 11.6. The van der Waals surface area contributed by atoms with Gasteiger partial charge in [0.2, 0.25) is 5.78 Å². The summed E-state index contributed by atoms with van der Waals surface area (Å²) in [5, 5.41) is 4.22. The van der Waals surface area contributed by atoms with Crippen molar-refractivity contribution in [3.05, 3.63) is 71.8 Å². The number of carbonyl (C=O) groups is 3. The topological polar surface area (TPSA) is 110 Å². The number of oxime groups is 1. The van der Waals surface area contributed by atoms with Gasteiger partial charge in [0.15, 0.2) is 0 Å². The van der Waals surface area contributed by atoms with Gasteiger partial charge in [0.05, 0.1) is 26.1 Å². The summed E-state index contributed by atoms with van der Waals surface area (Å²) in [6.07, 6.45) is 9.92. The summed E-state index contributed by atoms with van der Waals surface area (Å²) in [6.45, 7) is 27.1. The number of ketones is 1. The van der Waals surface area contributed by atoms with E-state index in [9.17, 15) is 14.4 Å². The molecule has 0 bridgehead atoms. The lowest BCUT2D eigenvalue weighted by Gasteiger charge is -2.36. The first-order valence-electron chi connectivity index (χ1n) is 25.2. The van der Waals surface area contributed by atoms with Crippen LogP contribution in [0.5, 0.6) is 0 Å². The minimum absolute atomic E-state index is 0.0702. The molecule has 2 unspecified atom stereocenters. The molecule has 0 heterocycles. The predicted molar refractivity (Wildman–Crippen MR) is 274 cm³/mol. The van der Waals surface area contributed by atoms with Gasteiger partial charge in [-0.05, 0) is 151 Å². The van der Waals surface area contributed by atoms with Crippen molar-refractivity contribution in [3.63, 3.8) is 0 Å². The quantitative estimate of drug-likeness (QED) is 0.0304. The number of Topliss-reactive ketones (excluding diaryl/α,β-unsaturated/α-hetero) is 1. The maximum absolute atomic E-state index is 12.9. The molecule has 9 heteroatoms. The number of carbonyl (C=O) groups excluding carboxylic acids is 3. The number of benzene rings is 2. The summed E-state index contributed by atoms with van der Waals surface area (Å²) in [5.74, 6) is 13.5. The van der Waals surface area contributed by atoms with E-state index in [2.05, 4.69) is 82.5 Å². The summed E-state index contributed by atoms with van der Waals surface area (Å²) < 4.78 is 22.6. The second kappa shape index (κ2) is 28.3. The highest BCUT2D eigenvalue weighted by Gasteiger charge is 2.33. The number of hydrogen-bond donors (Lipinski definition) is 0. The van der Waals surface area contributed by atoms with Gasteiger partial charge in [-0.3, -0.25) is 14.4 Å². The zero-order valence-electron chi connectivity index (χ0n) is 44.3. The lowest BCUT2D eigenvalue weighted by Crippen LogP contribution is -2.28. The fourth-order valence-corrected chi connectivity index (χ4v) is 8.74. The Hall–Kier alpha value is -4.44. The Kier molecular flexibility index (Phi) is 24.1. The molecule has 2 aliphatic rings. The first kappa shape index (κ1) is 57.9. The monoisotopic (exact) mass is 938 g/mol. The zero-order chi connectivity index (χ0) is 50.4. The standard InChI is InChI=1S/C30H45NO4.C29H42O4/c1-29(2,3)21-25-18-24(19-25)15-16-27(31-33-7)26(20-28(32)35-30(4,5)6)14-11-17-34-22-23-12-9-8-10-13-23;1-28(2,3)20-24-17-23(18-24)14-15-26(30)25(19-27(31)33-29(4,5)6)13-10-16-32-21-22-11-8-7-9-12-22/h8-10,12-13,24-26H,11,14,17-22H2,1-7H3;7-9,11-12,23-25H,10,13,16-21H2,1-6H3/b31-27+;. The summed E-state index contributed by atoms with van der Waals surface area (Å²) >= 11 is 0. The molecule has 0 radical (unpaired) electrons. The van der Waals surface area contributed by atoms with E-state index in [1.165, 1.54) is 20.0 Å². The van der Waals surface area contributed by atoms with Crippen LogP contribution in [0.25, 0.3) is 0 Å². The maximum Gasteiger partial charge on any atom is 0.307 e. The van der Waals surface area contributed by atoms with E-state index in [1.54, 1.807) is 0 Å². The predicted octanol–water partition coefficient (Wildman–Crippen LogP) is 13.2. The second-order valence-electron chi connectivity index (χ2n) is 23.5. The Morgan fingerprint density at radius 3 is 1.38 bits per heavy atom. The Morgan fingerprint density at radius 2 is 0.985 bits per heavy atom. The lowest BCUT2D eigenvalue weighted by atomic mass is 9.68. The van der Waals surface area contributed by atoms with Gasteiger partial charge in [-0.1, -0.05) is 119 Å². The SMILES string of the molecule is CC(C)(C)CC1CC(C#CC(=O)C(CCCOCc2ccccc2)CC(=O)OC(C)(C)C)C1.CO/N=C(\C#CC1CC(CC(C)(C)C)C1)C(CCCOCc1ccccc1)CC(=O)OC(C)(C)C. The first-order valence-corrected chi connectivity index (χ1v) is 25.2. The van der Waals surface area contributed by atoms with Crippen LogP contribution >= 0.6 is 0 Å². The third kappa shape index (κ3) is 26.4. The van der Waals surface area contributed by atoms with Crippen LogP contribution in [-0.2, 0) is 51.4 Å². The molecule has 2 atom stereocenters. The molecule has 68 heavy (non-hydrogen) atoms. The zero-order valence-corrected chi connectivity index (χ0v) is 44.3. The Balaban J connectivity index is 0.000000361. The molecule has 2 aromatic rings. The molecule has 2 saturated carbocycles. The molecule has 0 spiro atoms. The summed E-state index contributed by atoms with van der Waals surface area (Å²) in [6, 6.07) is 20.1. The van der Waals surface area contributed by atoms with Crippen LogP contribution in [0.1, 0.15) is 171 Å². The number of esters is 2. The van der Waals surface area contributed by atoms with E-state index in [0.29, 0.717) is 73.6 Å². The fourth-order valence-electron chi connectivity index (χ4n) is 8.74. The smallest absolute Gasteiger partial charge is 0.307 e. The molecular weight excluding hydrogens is 851 g/mol. The van der Waals surface area contributed by atoms with Gasteiger partial charge in [0.1, 0.15) is 24.0 Å².